The highest BCUT2D eigenvalue weighted by atomic mass is 16.2. The molecule has 0 aliphatic carbocycles. The van der Waals surface area contributed by atoms with Crippen LogP contribution in [-0.2, 0) is 4.79 Å². The van der Waals surface area contributed by atoms with Crippen LogP contribution in [-0.4, -0.2) is 35.0 Å². The standard InChI is InChI=1S/C17H28N4O/c1-3-4-5-8-14(2)20-16(22)15-9-6-12-21(13-15)17-18-10-7-11-19-17/h7,10-11,14-15H,3-6,8-9,12-13H2,1-2H3,(H,20,22). The third-order valence-corrected chi connectivity index (χ3v) is 4.26. The number of unbranched alkanes of at least 4 members (excludes halogenated alkanes) is 2. The normalized spacial score (nSPS) is 19.7. The van der Waals surface area contributed by atoms with Crippen molar-refractivity contribution in [3.8, 4) is 0 Å². The summed E-state index contributed by atoms with van der Waals surface area (Å²) in [4.78, 5) is 23.1. The van der Waals surface area contributed by atoms with Crippen molar-refractivity contribution in [3.05, 3.63) is 18.5 Å². The van der Waals surface area contributed by atoms with Crippen LogP contribution in [0.15, 0.2) is 18.5 Å². The Hall–Kier alpha value is -1.65. The Morgan fingerprint density at radius 1 is 1.41 bits per heavy atom. The van der Waals surface area contributed by atoms with Gasteiger partial charge in [0, 0.05) is 31.5 Å². The molecule has 1 saturated heterocycles. The molecule has 0 bridgehead atoms. The SMILES string of the molecule is CCCCCC(C)NC(=O)C1CCCN(c2ncccn2)C1. The molecule has 1 aliphatic rings. The van der Waals surface area contributed by atoms with E-state index in [1.807, 2.05) is 6.07 Å². The maximum absolute atomic E-state index is 12.4. The Bertz CT molecular complexity index is 451. The van der Waals surface area contributed by atoms with Crippen molar-refractivity contribution >= 4 is 11.9 Å². The Morgan fingerprint density at radius 3 is 2.91 bits per heavy atom. The molecule has 0 radical (unpaired) electrons. The number of hydrogen-bond acceptors (Lipinski definition) is 4. The van der Waals surface area contributed by atoms with E-state index in [0.29, 0.717) is 0 Å². The lowest BCUT2D eigenvalue weighted by atomic mass is 9.96. The van der Waals surface area contributed by atoms with E-state index in [-0.39, 0.29) is 17.9 Å². The first-order chi connectivity index (χ1) is 10.7. The molecular weight excluding hydrogens is 276 g/mol. The molecule has 2 rings (SSSR count). The number of rotatable bonds is 7. The highest BCUT2D eigenvalue weighted by Gasteiger charge is 2.27. The Labute approximate surface area is 133 Å². The van der Waals surface area contributed by atoms with Crippen LogP contribution in [0.1, 0.15) is 52.4 Å². The molecule has 5 heteroatoms. The van der Waals surface area contributed by atoms with E-state index in [9.17, 15) is 4.79 Å². The van der Waals surface area contributed by atoms with Gasteiger partial charge in [-0.25, -0.2) is 9.97 Å². The summed E-state index contributed by atoms with van der Waals surface area (Å²) >= 11 is 0. The molecule has 2 heterocycles. The second-order valence-corrected chi connectivity index (χ2v) is 6.24. The molecule has 5 nitrogen and oxygen atoms in total. The molecular formula is C17H28N4O. The number of amides is 1. The summed E-state index contributed by atoms with van der Waals surface area (Å²) in [5.41, 5.74) is 0. The molecule has 0 spiro atoms. The van der Waals surface area contributed by atoms with Crippen LogP contribution < -0.4 is 10.2 Å². The van der Waals surface area contributed by atoms with Crippen LogP contribution in [0.2, 0.25) is 0 Å². The van der Waals surface area contributed by atoms with Crippen LogP contribution in [0.4, 0.5) is 5.95 Å². The van der Waals surface area contributed by atoms with Gasteiger partial charge in [-0.15, -0.1) is 0 Å². The molecule has 0 aromatic carbocycles. The van der Waals surface area contributed by atoms with Crippen LogP contribution in [0, 0.1) is 5.92 Å². The third-order valence-electron chi connectivity index (χ3n) is 4.26. The van der Waals surface area contributed by atoms with Gasteiger partial charge < -0.3 is 10.2 Å². The minimum absolute atomic E-state index is 0.0474. The van der Waals surface area contributed by atoms with E-state index < -0.39 is 0 Å². The largest absolute Gasteiger partial charge is 0.353 e. The average Bonchev–Trinajstić information content (AvgIpc) is 2.56. The zero-order valence-corrected chi connectivity index (χ0v) is 13.8. The van der Waals surface area contributed by atoms with Gasteiger partial charge in [0.1, 0.15) is 0 Å². The summed E-state index contributed by atoms with van der Waals surface area (Å²) < 4.78 is 0. The number of carbonyl (C=O) groups excluding carboxylic acids is 1. The molecule has 122 valence electrons. The number of nitrogens with zero attached hydrogens (tertiary/aromatic N) is 3. The van der Waals surface area contributed by atoms with Crippen molar-refractivity contribution in [2.24, 2.45) is 5.92 Å². The van der Waals surface area contributed by atoms with Crippen LogP contribution in [0.3, 0.4) is 0 Å². The zero-order valence-electron chi connectivity index (χ0n) is 13.8. The fourth-order valence-electron chi connectivity index (χ4n) is 2.96. The van der Waals surface area contributed by atoms with E-state index in [0.717, 1.165) is 38.3 Å². The number of hydrogen-bond donors (Lipinski definition) is 1. The molecule has 1 aromatic heterocycles. The Morgan fingerprint density at radius 2 is 2.18 bits per heavy atom. The first-order valence-corrected chi connectivity index (χ1v) is 8.53. The van der Waals surface area contributed by atoms with E-state index in [4.69, 9.17) is 0 Å². The van der Waals surface area contributed by atoms with E-state index in [1.165, 1.54) is 19.3 Å². The molecule has 1 aliphatic heterocycles. The fourth-order valence-corrected chi connectivity index (χ4v) is 2.96. The van der Waals surface area contributed by atoms with E-state index in [2.05, 4.69) is 34.0 Å². The van der Waals surface area contributed by atoms with E-state index in [1.54, 1.807) is 12.4 Å². The van der Waals surface area contributed by atoms with Gasteiger partial charge in [0.25, 0.3) is 0 Å². The molecule has 2 atom stereocenters. The van der Waals surface area contributed by atoms with Gasteiger partial charge in [0.2, 0.25) is 11.9 Å². The number of aromatic nitrogens is 2. The van der Waals surface area contributed by atoms with Gasteiger partial charge in [0.05, 0.1) is 5.92 Å². The third kappa shape index (κ3) is 4.97. The summed E-state index contributed by atoms with van der Waals surface area (Å²) in [6.45, 7) is 5.96. The van der Waals surface area contributed by atoms with Crippen molar-refractivity contribution in [3.63, 3.8) is 0 Å². The van der Waals surface area contributed by atoms with Crippen LogP contribution in [0.25, 0.3) is 0 Å². The lowest BCUT2D eigenvalue weighted by Gasteiger charge is -2.32. The second-order valence-electron chi connectivity index (χ2n) is 6.24. The lowest BCUT2D eigenvalue weighted by Crippen LogP contribution is -2.45. The molecule has 1 aromatic rings. The maximum atomic E-state index is 12.4. The molecule has 22 heavy (non-hydrogen) atoms. The Balaban J connectivity index is 1.82. The smallest absolute Gasteiger partial charge is 0.225 e. The van der Waals surface area contributed by atoms with Gasteiger partial charge in [-0.3, -0.25) is 4.79 Å². The van der Waals surface area contributed by atoms with Crippen LogP contribution >= 0.6 is 0 Å². The lowest BCUT2D eigenvalue weighted by molar-refractivity contribution is -0.125. The van der Waals surface area contributed by atoms with Crippen molar-refractivity contribution in [1.82, 2.24) is 15.3 Å². The minimum Gasteiger partial charge on any atom is -0.353 e. The van der Waals surface area contributed by atoms with Crippen molar-refractivity contribution in [2.45, 2.75) is 58.4 Å². The molecule has 1 fully saturated rings. The topological polar surface area (TPSA) is 58.1 Å². The number of piperidine rings is 1. The van der Waals surface area contributed by atoms with Gasteiger partial charge in [-0.2, -0.15) is 0 Å². The summed E-state index contributed by atoms with van der Waals surface area (Å²) in [5.74, 6) is 0.965. The number of anilines is 1. The monoisotopic (exact) mass is 304 g/mol. The summed E-state index contributed by atoms with van der Waals surface area (Å²) in [6, 6.07) is 2.08. The summed E-state index contributed by atoms with van der Waals surface area (Å²) in [5, 5.41) is 3.17. The molecule has 1 N–H and O–H groups in total. The van der Waals surface area contributed by atoms with Gasteiger partial charge in [-0.1, -0.05) is 26.2 Å². The fraction of sp³-hybridized carbons (Fsp3) is 0.706. The molecule has 2 unspecified atom stereocenters. The predicted octanol–water partition coefficient (Wildman–Crippen LogP) is 2.78. The Kier molecular flexibility index (Phi) is 6.62. The quantitative estimate of drug-likeness (QED) is 0.787. The van der Waals surface area contributed by atoms with E-state index >= 15 is 0 Å². The van der Waals surface area contributed by atoms with Crippen molar-refractivity contribution < 1.29 is 4.79 Å². The minimum atomic E-state index is 0.0474. The zero-order chi connectivity index (χ0) is 15.8. The molecule has 0 saturated carbocycles. The summed E-state index contributed by atoms with van der Waals surface area (Å²) in [7, 11) is 0. The predicted molar refractivity (Wildman–Crippen MR) is 88.7 cm³/mol. The van der Waals surface area contributed by atoms with Crippen molar-refractivity contribution in [2.75, 3.05) is 18.0 Å². The highest BCUT2D eigenvalue weighted by molar-refractivity contribution is 5.79. The molecule has 1 amide bonds. The van der Waals surface area contributed by atoms with Gasteiger partial charge >= 0.3 is 0 Å². The first kappa shape index (κ1) is 16.7. The van der Waals surface area contributed by atoms with Gasteiger partial charge in [-0.05, 0) is 32.3 Å². The van der Waals surface area contributed by atoms with Crippen molar-refractivity contribution in [1.29, 1.82) is 0 Å². The second kappa shape index (κ2) is 8.71. The first-order valence-electron chi connectivity index (χ1n) is 8.53. The summed E-state index contributed by atoms with van der Waals surface area (Å²) in [6.07, 6.45) is 10.2. The highest BCUT2D eigenvalue weighted by Crippen LogP contribution is 2.20. The number of carbonyl (C=O) groups is 1. The average molecular weight is 304 g/mol. The number of nitrogens with one attached hydrogen (secondary N) is 1. The van der Waals surface area contributed by atoms with Crippen LogP contribution in [0.5, 0.6) is 0 Å². The van der Waals surface area contributed by atoms with Gasteiger partial charge in [0.15, 0.2) is 0 Å². The maximum Gasteiger partial charge on any atom is 0.225 e.